The first-order valence-corrected chi connectivity index (χ1v) is 9.87. The van der Waals surface area contributed by atoms with Crippen LogP contribution in [0.4, 0.5) is 5.69 Å². The number of anilines is 1. The number of pyridine rings is 1. The van der Waals surface area contributed by atoms with Crippen molar-refractivity contribution >= 4 is 11.6 Å². The monoisotopic (exact) mass is 390 g/mol. The Kier molecular flexibility index (Phi) is 6.85. The molecule has 1 amide bonds. The van der Waals surface area contributed by atoms with E-state index in [1.165, 1.54) is 0 Å². The van der Waals surface area contributed by atoms with Crippen LogP contribution in [0.25, 0.3) is 0 Å². The van der Waals surface area contributed by atoms with Gasteiger partial charge in [-0.05, 0) is 56.2 Å². The summed E-state index contributed by atoms with van der Waals surface area (Å²) in [5.41, 5.74) is 2.91. The maximum absolute atomic E-state index is 12.6. The largest absolute Gasteiger partial charge is 0.493 e. The van der Waals surface area contributed by atoms with Crippen LogP contribution < -0.4 is 14.8 Å². The molecule has 150 valence electrons. The van der Waals surface area contributed by atoms with Gasteiger partial charge in [0, 0.05) is 23.5 Å². The van der Waals surface area contributed by atoms with Gasteiger partial charge < -0.3 is 14.8 Å². The minimum absolute atomic E-state index is 0.190. The zero-order valence-electron chi connectivity index (χ0n) is 17.1. The predicted molar refractivity (Wildman–Crippen MR) is 115 cm³/mol. The van der Waals surface area contributed by atoms with E-state index in [-0.39, 0.29) is 5.91 Å². The molecule has 0 aliphatic rings. The summed E-state index contributed by atoms with van der Waals surface area (Å²) in [4.78, 5) is 17.1. The van der Waals surface area contributed by atoms with Crippen molar-refractivity contribution in [3.63, 3.8) is 0 Å². The number of benzene rings is 2. The fourth-order valence-corrected chi connectivity index (χ4v) is 2.87. The third kappa shape index (κ3) is 5.57. The Morgan fingerprint density at radius 3 is 2.41 bits per heavy atom. The summed E-state index contributed by atoms with van der Waals surface area (Å²) in [6, 6.07) is 18.5. The smallest absolute Gasteiger partial charge is 0.257 e. The quantitative estimate of drug-likeness (QED) is 0.529. The molecule has 3 aromatic rings. The van der Waals surface area contributed by atoms with Crippen LogP contribution in [0.3, 0.4) is 0 Å². The maximum Gasteiger partial charge on any atom is 0.257 e. The molecule has 0 bridgehead atoms. The zero-order valence-corrected chi connectivity index (χ0v) is 17.1. The van der Waals surface area contributed by atoms with E-state index in [0.29, 0.717) is 29.4 Å². The maximum atomic E-state index is 12.6. The van der Waals surface area contributed by atoms with E-state index in [4.69, 9.17) is 9.47 Å². The normalized spacial score (nSPS) is 10.4. The Morgan fingerprint density at radius 2 is 1.69 bits per heavy atom. The molecule has 1 aromatic heterocycles. The summed E-state index contributed by atoms with van der Waals surface area (Å²) in [5.74, 6) is 1.89. The minimum atomic E-state index is -0.190. The van der Waals surface area contributed by atoms with E-state index < -0.39 is 0 Å². The SMILES string of the molecule is CCCOc1cccc(Oc2cccc(NC(=O)c3ccc(CC)nc3C)c2)c1. The number of carbonyl (C=O) groups excluding carboxylic acids is 1. The lowest BCUT2D eigenvalue weighted by molar-refractivity contribution is 0.102. The number of rotatable bonds is 8. The first-order chi connectivity index (χ1) is 14.1. The number of aryl methyl sites for hydroxylation is 2. The molecule has 0 unspecified atom stereocenters. The highest BCUT2D eigenvalue weighted by molar-refractivity contribution is 6.05. The molecule has 3 rings (SSSR count). The van der Waals surface area contributed by atoms with Gasteiger partial charge in [-0.3, -0.25) is 9.78 Å². The van der Waals surface area contributed by atoms with E-state index in [9.17, 15) is 4.79 Å². The molecule has 0 fully saturated rings. The van der Waals surface area contributed by atoms with Crippen LogP contribution in [0.5, 0.6) is 17.2 Å². The van der Waals surface area contributed by atoms with E-state index >= 15 is 0 Å². The molecular formula is C24H26N2O3. The number of hydrogen-bond acceptors (Lipinski definition) is 4. The van der Waals surface area contributed by atoms with Crippen molar-refractivity contribution < 1.29 is 14.3 Å². The van der Waals surface area contributed by atoms with Gasteiger partial charge >= 0.3 is 0 Å². The van der Waals surface area contributed by atoms with Crippen LogP contribution in [0.15, 0.2) is 60.7 Å². The molecule has 2 aromatic carbocycles. The fraction of sp³-hybridized carbons (Fsp3) is 0.250. The average molecular weight is 390 g/mol. The van der Waals surface area contributed by atoms with Crippen LogP contribution in [0.2, 0.25) is 0 Å². The summed E-state index contributed by atoms with van der Waals surface area (Å²) < 4.78 is 11.6. The van der Waals surface area contributed by atoms with E-state index in [2.05, 4.69) is 17.2 Å². The van der Waals surface area contributed by atoms with Crippen molar-refractivity contribution in [2.45, 2.75) is 33.6 Å². The van der Waals surface area contributed by atoms with E-state index in [1.54, 1.807) is 6.07 Å². The molecule has 0 spiro atoms. The molecule has 0 aliphatic carbocycles. The van der Waals surface area contributed by atoms with Crippen LogP contribution in [-0.2, 0) is 6.42 Å². The van der Waals surface area contributed by atoms with Crippen molar-refractivity contribution in [2.24, 2.45) is 0 Å². The Hall–Kier alpha value is -3.34. The number of hydrogen-bond donors (Lipinski definition) is 1. The molecule has 0 saturated heterocycles. The summed E-state index contributed by atoms with van der Waals surface area (Å²) >= 11 is 0. The molecular weight excluding hydrogens is 364 g/mol. The van der Waals surface area contributed by atoms with Crippen LogP contribution in [-0.4, -0.2) is 17.5 Å². The van der Waals surface area contributed by atoms with Gasteiger partial charge in [0.05, 0.1) is 17.9 Å². The molecule has 0 atom stereocenters. The molecule has 1 heterocycles. The lowest BCUT2D eigenvalue weighted by atomic mass is 10.1. The van der Waals surface area contributed by atoms with Gasteiger partial charge in [0.1, 0.15) is 17.2 Å². The van der Waals surface area contributed by atoms with Gasteiger partial charge in [-0.2, -0.15) is 0 Å². The van der Waals surface area contributed by atoms with Crippen molar-refractivity contribution in [2.75, 3.05) is 11.9 Å². The van der Waals surface area contributed by atoms with Gasteiger partial charge in [0.25, 0.3) is 5.91 Å². The third-order valence-corrected chi connectivity index (χ3v) is 4.36. The molecule has 0 radical (unpaired) electrons. The molecule has 1 N–H and O–H groups in total. The summed E-state index contributed by atoms with van der Waals surface area (Å²) in [5, 5.41) is 2.92. The second-order valence-electron chi connectivity index (χ2n) is 6.70. The van der Waals surface area contributed by atoms with Gasteiger partial charge in [0.2, 0.25) is 0 Å². The number of nitrogens with one attached hydrogen (secondary N) is 1. The number of carbonyl (C=O) groups is 1. The Morgan fingerprint density at radius 1 is 0.966 bits per heavy atom. The van der Waals surface area contributed by atoms with Crippen LogP contribution in [0.1, 0.15) is 42.0 Å². The lowest BCUT2D eigenvalue weighted by Gasteiger charge is -2.11. The fourth-order valence-electron chi connectivity index (χ4n) is 2.87. The number of amides is 1. The van der Waals surface area contributed by atoms with Gasteiger partial charge in [-0.25, -0.2) is 0 Å². The Bertz CT molecular complexity index is 985. The van der Waals surface area contributed by atoms with E-state index in [0.717, 1.165) is 30.0 Å². The number of nitrogens with zero attached hydrogens (tertiary/aromatic N) is 1. The standard InChI is InChI=1S/C24H26N2O3/c1-4-14-28-20-9-7-11-22(16-20)29-21-10-6-8-19(15-21)26-24(27)23-13-12-18(5-2)25-17(23)3/h6-13,15-16H,4-5,14H2,1-3H3,(H,26,27). The van der Waals surface area contributed by atoms with Crippen molar-refractivity contribution in [3.8, 4) is 17.2 Å². The topological polar surface area (TPSA) is 60.5 Å². The van der Waals surface area contributed by atoms with Crippen molar-refractivity contribution in [1.82, 2.24) is 4.98 Å². The summed E-state index contributed by atoms with van der Waals surface area (Å²) in [6.45, 7) is 6.62. The minimum Gasteiger partial charge on any atom is -0.493 e. The molecule has 5 heteroatoms. The molecule has 0 saturated carbocycles. The van der Waals surface area contributed by atoms with Crippen molar-refractivity contribution in [1.29, 1.82) is 0 Å². The lowest BCUT2D eigenvalue weighted by Crippen LogP contribution is -2.14. The highest BCUT2D eigenvalue weighted by Crippen LogP contribution is 2.27. The summed E-state index contributed by atoms with van der Waals surface area (Å²) in [6.07, 6.45) is 1.79. The molecule has 29 heavy (non-hydrogen) atoms. The van der Waals surface area contributed by atoms with Gasteiger partial charge in [-0.1, -0.05) is 26.0 Å². The van der Waals surface area contributed by atoms with Gasteiger partial charge in [-0.15, -0.1) is 0 Å². The second kappa shape index (κ2) is 9.73. The predicted octanol–water partition coefficient (Wildman–Crippen LogP) is 5.79. The second-order valence-corrected chi connectivity index (χ2v) is 6.70. The molecule has 0 aliphatic heterocycles. The average Bonchev–Trinajstić information content (AvgIpc) is 2.72. The van der Waals surface area contributed by atoms with Crippen LogP contribution >= 0.6 is 0 Å². The van der Waals surface area contributed by atoms with Crippen molar-refractivity contribution in [3.05, 3.63) is 77.6 Å². The summed E-state index contributed by atoms with van der Waals surface area (Å²) in [7, 11) is 0. The number of ether oxygens (including phenoxy) is 2. The van der Waals surface area contributed by atoms with E-state index in [1.807, 2.05) is 68.4 Å². The zero-order chi connectivity index (χ0) is 20.6. The Balaban J connectivity index is 1.70. The first kappa shape index (κ1) is 20.4. The third-order valence-electron chi connectivity index (χ3n) is 4.36. The highest BCUT2D eigenvalue weighted by atomic mass is 16.5. The molecule has 5 nitrogen and oxygen atoms in total. The highest BCUT2D eigenvalue weighted by Gasteiger charge is 2.11. The van der Waals surface area contributed by atoms with Gasteiger partial charge in [0.15, 0.2) is 0 Å². The number of aromatic nitrogens is 1. The Labute approximate surface area is 171 Å². The van der Waals surface area contributed by atoms with Crippen LogP contribution in [0, 0.1) is 6.92 Å². The first-order valence-electron chi connectivity index (χ1n) is 9.87.